The molecule has 3 rings (SSSR count). The molecule has 202 valence electrons. The molecule has 0 saturated heterocycles. The SMILES string of the molecule is CCCNC(=O)[C@H](C)N(Cc1ccc(Cl)cc1)C(=O)CN(c1ccc(Oc2ccccc2)cc1)S(C)(=O)=O. The number of hydrogen-bond acceptors (Lipinski definition) is 5. The number of halogens is 1. The number of carbonyl (C=O) groups excluding carboxylic acids is 2. The Morgan fingerprint density at radius 1 is 0.947 bits per heavy atom. The molecular formula is C28H32ClN3O5S. The van der Waals surface area contributed by atoms with Crippen molar-refractivity contribution in [1.29, 1.82) is 0 Å². The number of nitrogens with one attached hydrogen (secondary N) is 1. The minimum atomic E-state index is -3.83. The average molecular weight is 558 g/mol. The zero-order valence-corrected chi connectivity index (χ0v) is 23.2. The van der Waals surface area contributed by atoms with Crippen LogP contribution < -0.4 is 14.4 Å². The molecule has 0 spiro atoms. The molecule has 1 atom stereocenters. The molecular weight excluding hydrogens is 526 g/mol. The Labute approximate surface area is 229 Å². The predicted molar refractivity (Wildman–Crippen MR) is 150 cm³/mol. The molecule has 38 heavy (non-hydrogen) atoms. The Morgan fingerprint density at radius 2 is 1.55 bits per heavy atom. The summed E-state index contributed by atoms with van der Waals surface area (Å²) in [6, 6.07) is 21.7. The van der Waals surface area contributed by atoms with Gasteiger partial charge in [0.1, 0.15) is 24.1 Å². The summed E-state index contributed by atoms with van der Waals surface area (Å²) in [5.41, 5.74) is 1.06. The van der Waals surface area contributed by atoms with Crippen molar-refractivity contribution in [2.24, 2.45) is 0 Å². The van der Waals surface area contributed by atoms with Crippen LogP contribution in [0.2, 0.25) is 5.02 Å². The monoisotopic (exact) mass is 557 g/mol. The molecule has 0 unspecified atom stereocenters. The first kappa shape index (κ1) is 29.0. The molecule has 1 N–H and O–H groups in total. The lowest BCUT2D eigenvalue weighted by molar-refractivity contribution is -0.139. The van der Waals surface area contributed by atoms with E-state index in [1.54, 1.807) is 55.5 Å². The summed E-state index contributed by atoms with van der Waals surface area (Å²) in [6.45, 7) is 3.66. The lowest BCUT2D eigenvalue weighted by atomic mass is 10.1. The fourth-order valence-corrected chi connectivity index (χ4v) is 4.66. The normalized spacial score (nSPS) is 11.9. The van der Waals surface area contributed by atoms with Gasteiger partial charge in [-0.05, 0) is 67.4 Å². The van der Waals surface area contributed by atoms with Crippen molar-refractivity contribution >= 4 is 39.1 Å². The van der Waals surface area contributed by atoms with E-state index in [0.717, 1.165) is 22.5 Å². The molecule has 0 aliphatic rings. The Balaban J connectivity index is 1.84. The van der Waals surface area contributed by atoms with E-state index in [9.17, 15) is 18.0 Å². The molecule has 3 aromatic rings. The van der Waals surface area contributed by atoms with Gasteiger partial charge in [0.25, 0.3) is 0 Å². The van der Waals surface area contributed by atoms with Gasteiger partial charge in [0.05, 0.1) is 11.9 Å². The summed E-state index contributed by atoms with van der Waals surface area (Å²) in [4.78, 5) is 27.7. The number of amides is 2. The summed E-state index contributed by atoms with van der Waals surface area (Å²) < 4.78 is 32.3. The highest BCUT2D eigenvalue weighted by Gasteiger charge is 2.30. The average Bonchev–Trinajstić information content (AvgIpc) is 2.90. The molecule has 0 bridgehead atoms. The molecule has 0 fully saturated rings. The molecule has 8 nitrogen and oxygen atoms in total. The number of para-hydroxylation sites is 1. The van der Waals surface area contributed by atoms with Gasteiger partial charge >= 0.3 is 0 Å². The van der Waals surface area contributed by atoms with E-state index in [2.05, 4.69) is 5.32 Å². The first-order chi connectivity index (χ1) is 18.1. The van der Waals surface area contributed by atoms with Gasteiger partial charge < -0.3 is 15.0 Å². The topological polar surface area (TPSA) is 96.0 Å². The third-order valence-electron chi connectivity index (χ3n) is 5.77. The van der Waals surface area contributed by atoms with Gasteiger partial charge in [-0.25, -0.2) is 8.42 Å². The van der Waals surface area contributed by atoms with Crippen LogP contribution in [-0.2, 0) is 26.2 Å². The fraction of sp³-hybridized carbons (Fsp3) is 0.286. The van der Waals surface area contributed by atoms with Crippen molar-refractivity contribution in [3.63, 3.8) is 0 Å². The lowest BCUT2D eigenvalue weighted by Gasteiger charge is -2.31. The molecule has 10 heteroatoms. The Hall–Kier alpha value is -3.56. The van der Waals surface area contributed by atoms with Crippen molar-refractivity contribution in [3.05, 3.63) is 89.4 Å². The Bertz CT molecular complexity index is 1320. The van der Waals surface area contributed by atoms with E-state index < -0.39 is 28.5 Å². The predicted octanol–water partition coefficient (Wildman–Crippen LogP) is 4.84. The van der Waals surface area contributed by atoms with Gasteiger partial charge in [-0.3, -0.25) is 13.9 Å². The van der Waals surface area contributed by atoms with Crippen LogP contribution in [0.15, 0.2) is 78.9 Å². The minimum Gasteiger partial charge on any atom is -0.457 e. The number of anilines is 1. The van der Waals surface area contributed by atoms with Crippen LogP contribution >= 0.6 is 11.6 Å². The number of rotatable bonds is 12. The maximum absolute atomic E-state index is 13.6. The van der Waals surface area contributed by atoms with Crippen molar-refractivity contribution in [1.82, 2.24) is 10.2 Å². The third-order valence-corrected chi connectivity index (χ3v) is 7.16. The highest BCUT2D eigenvalue weighted by Crippen LogP contribution is 2.26. The number of hydrogen-bond donors (Lipinski definition) is 1. The number of sulfonamides is 1. The highest BCUT2D eigenvalue weighted by atomic mass is 35.5. The summed E-state index contributed by atoms with van der Waals surface area (Å²) in [5.74, 6) is 0.325. The van der Waals surface area contributed by atoms with Crippen LogP contribution in [0.1, 0.15) is 25.8 Å². The molecule has 2 amide bonds. The summed E-state index contributed by atoms with van der Waals surface area (Å²) in [5, 5.41) is 3.35. The quantitative estimate of drug-likeness (QED) is 0.344. The van der Waals surface area contributed by atoms with Gasteiger partial charge in [0, 0.05) is 18.1 Å². The van der Waals surface area contributed by atoms with E-state index >= 15 is 0 Å². The van der Waals surface area contributed by atoms with Crippen molar-refractivity contribution in [2.45, 2.75) is 32.9 Å². The summed E-state index contributed by atoms with van der Waals surface area (Å²) in [6.07, 6.45) is 1.78. The van der Waals surface area contributed by atoms with Gasteiger partial charge in [-0.2, -0.15) is 0 Å². The highest BCUT2D eigenvalue weighted by molar-refractivity contribution is 7.92. The third kappa shape index (κ3) is 8.22. The van der Waals surface area contributed by atoms with Gasteiger partial charge in [-0.15, -0.1) is 0 Å². The van der Waals surface area contributed by atoms with E-state index in [0.29, 0.717) is 28.8 Å². The number of nitrogens with zero attached hydrogens (tertiary/aromatic N) is 2. The number of benzene rings is 3. The van der Waals surface area contributed by atoms with E-state index in [-0.39, 0.29) is 12.5 Å². The standard InChI is InChI=1S/C28H32ClN3O5S/c1-4-18-30-28(34)21(2)31(19-22-10-12-23(29)13-11-22)27(33)20-32(38(3,35)36)24-14-16-26(17-15-24)37-25-8-6-5-7-9-25/h5-17,21H,4,18-20H2,1-3H3,(H,30,34)/t21-/m0/s1. The van der Waals surface area contributed by atoms with E-state index in [4.69, 9.17) is 16.3 Å². The molecule has 0 saturated carbocycles. The maximum atomic E-state index is 13.6. The minimum absolute atomic E-state index is 0.109. The van der Waals surface area contributed by atoms with Gasteiger partial charge in [0.2, 0.25) is 21.8 Å². The van der Waals surface area contributed by atoms with Crippen molar-refractivity contribution in [2.75, 3.05) is 23.7 Å². The van der Waals surface area contributed by atoms with Crippen LogP contribution in [0.5, 0.6) is 11.5 Å². The Morgan fingerprint density at radius 3 is 2.13 bits per heavy atom. The number of carbonyl (C=O) groups is 2. The van der Waals surface area contributed by atoms with Crippen LogP contribution in [0.25, 0.3) is 0 Å². The maximum Gasteiger partial charge on any atom is 0.244 e. The largest absolute Gasteiger partial charge is 0.457 e. The molecule has 3 aromatic carbocycles. The Kier molecular flexibility index (Phi) is 10.2. The van der Waals surface area contributed by atoms with Crippen molar-refractivity contribution in [3.8, 4) is 11.5 Å². The second-order valence-corrected chi connectivity index (χ2v) is 11.1. The number of ether oxygens (including phenoxy) is 1. The van der Waals surface area contributed by atoms with Crippen molar-refractivity contribution < 1.29 is 22.7 Å². The second kappa shape index (κ2) is 13.3. The van der Waals surface area contributed by atoms with Crippen LogP contribution in [0, 0.1) is 0 Å². The van der Waals surface area contributed by atoms with Crippen LogP contribution in [0.4, 0.5) is 5.69 Å². The molecule has 0 aliphatic carbocycles. The molecule has 0 aromatic heterocycles. The van der Waals surface area contributed by atoms with Gasteiger partial charge in [0.15, 0.2) is 0 Å². The lowest BCUT2D eigenvalue weighted by Crippen LogP contribution is -2.51. The van der Waals surface area contributed by atoms with Crippen LogP contribution in [0.3, 0.4) is 0 Å². The summed E-state index contributed by atoms with van der Waals surface area (Å²) in [7, 11) is -3.83. The first-order valence-corrected chi connectivity index (χ1v) is 14.4. The second-order valence-electron chi connectivity index (χ2n) is 8.79. The smallest absolute Gasteiger partial charge is 0.244 e. The first-order valence-electron chi connectivity index (χ1n) is 12.2. The zero-order valence-electron chi connectivity index (χ0n) is 21.6. The van der Waals surface area contributed by atoms with Crippen LogP contribution in [-0.4, -0.2) is 50.5 Å². The molecule has 0 heterocycles. The van der Waals surface area contributed by atoms with E-state index in [1.807, 2.05) is 37.3 Å². The molecule has 0 aliphatic heterocycles. The zero-order chi connectivity index (χ0) is 27.7. The molecule has 0 radical (unpaired) electrons. The van der Waals surface area contributed by atoms with Gasteiger partial charge in [-0.1, -0.05) is 48.9 Å². The van der Waals surface area contributed by atoms with E-state index in [1.165, 1.54) is 4.90 Å². The summed E-state index contributed by atoms with van der Waals surface area (Å²) >= 11 is 6.00. The fourth-order valence-electron chi connectivity index (χ4n) is 3.68.